The monoisotopic (exact) mass is 214 g/mol. The molecule has 3 nitrogen and oxygen atoms in total. The van der Waals surface area contributed by atoms with E-state index in [-0.39, 0.29) is 5.75 Å². The van der Waals surface area contributed by atoms with Gasteiger partial charge in [-0.15, -0.1) is 0 Å². The Hall–Kier alpha value is -2.03. The molecule has 16 heavy (non-hydrogen) atoms. The number of hydrogen-bond acceptors (Lipinski definition) is 3. The first-order valence-electron chi connectivity index (χ1n) is 5.16. The molecule has 0 radical (unpaired) electrons. The molecule has 0 aliphatic carbocycles. The Morgan fingerprint density at radius 2 is 1.88 bits per heavy atom. The number of aromatic hydroxyl groups is 1. The number of para-hydroxylation sites is 1. The molecule has 1 heterocycles. The molecule has 0 saturated heterocycles. The van der Waals surface area contributed by atoms with Crippen LogP contribution in [0.2, 0.25) is 0 Å². The van der Waals surface area contributed by atoms with Crippen LogP contribution in [0.1, 0.15) is 5.69 Å². The zero-order valence-corrected chi connectivity index (χ0v) is 9.17. The molecule has 2 aromatic rings. The van der Waals surface area contributed by atoms with Crippen LogP contribution in [-0.2, 0) is 6.54 Å². The molecule has 0 saturated carbocycles. The van der Waals surface area contributed by atoms with E-state index in [0.29, 0.717) is 0 Å². The predicted molar refractivity (Wildman–Crippen MR) is 64.5 cm³/mol. The molecule has 2 rings (SSSR count). The predicted octanol–water partition coefficient (Wildman–Crippen LogP) is 2.42. The summed E-state index contributed by atoms with van der Waals surface area (Å²) in [5, 5.41) is 9.13. The first-order valence-corrected chi connectivity index (χ1v) is 5.16. The van der Waals surface area contributed by atoms with Crippen LogP contribution in [0, 0.1) is 0 Å². The standard InChI is InChI=1S/C13H14N2O/c1-15(12-5-3-2-4-6-12)10-11-7-8-13(16)9-14-11/h2-9,16H,10H2,1H3. The van der Waals surface area contributed by atoms with E-state index in [1.165, 1.54) is 6.20 Å². The molecule has 1 N–H and O–H groups in total. The van der Waals surface area contributed by atoms with E-state index in [0.717, 1.165) is 17.9 Å². The Morgan fingerprint density at radius 3 is 2.50 bits per heavy atom. The van der Waals surface area contributed by atoms with Gasteiger partial charge in [-0.2, -0.15) is 0 Å². The first-order chi connectivity index (χ1) is 7.75. The van der Waals surface area contributed by atoms with Gasteiger partial charge in [-0.05, 0) is 24.3 Å². The molecule has 1 aromatic carbocycles. The highest BCUT2D eigenvalue weighted by molar-refractivity contribution is 5.45. The number of nitrogens with zero attached hydrogens (tertiary/aromatic N) is 2. The molecule has 0 aliphatic rings. The summed E-state index contributed by atoms with van der Waals surface area (Å²) < 4.78 is 0. The maximum absolute atomic E-state index is 9.13. The maximum atomic E-state index is 9.13. The summed E-state index contributed by atoms with van der Waals surface area (Å²) in [6.45, 7) is 0.726. The Labute approximate surface area is 95.0 Å². The fraction of sp³-hybridized carbons (Fsp3) is 0.154. The van der Waals surface area contributed by atoms with Crippen LogP contribution in [-0.4, -0.2) is 17.1 Å². The summed E-state index contributed by atoms with van der Waals surface area (Å²) in [4.78, 5) is 6.26. The Kier molecular flexibility index (Phi) is 3.05. The zero-order chi connectivity index (χ0) is 11.4. The van der Waals surface area contributed by atoms with Crippen molar-refractivity contribution in [2.24, 2.45) is 0 Å². The van der Waals surface area contributed by atoms with Crippen LogP contribution in [0.25, 0.3) is 0 Å². The fourth-order valence-corrected chi connectivity index (χ4v) is 1.53. The van der Waals surface area contributed by atoms with Crippen molar-refractivity contribution in [3.05, 3.63) is 54.4 Å². The number of hydrogen-bond donors (Lipinski definition) is 1. The second kappa shape index (κ2) is 4.66. The Bertz CT molecular complexity index is 439. The van der Waals surface area contributed by atoms with E-state index in [1.807, 2.05) is 31.3 Å². The summed E-state index contributed by atoms with van der Waals surface area (Å²) in [6, 6.07) is 13.6. The van der Waals surface area contributed by atoms with Crippen molar-refractivity contribution in [2.75, 3.05) is 11.9 Å². The van der Waals surface area contributed by atoms with Crippen molar-refractivity contribution in [3.63, 3.8) is 0 Å². The fourth-order valence-electron chi connectivity index (χ4n) is 1.53. The topological polar surface area (TPSA) is 36.4 Å². The molecule has 3 heteroatoms. The van der Waals surface area contributed by atoms with Gasteiger partial charge in [-0.3, -0.25) is 4.98 Å². The average Bonchev–Trinajstić information content (AvgIpc) is 2.33. The van der Waals surface area contributed by atoms with E-state index in [4.69, 9.17) is 5.11 Å². The lowest BCUT2D eigenvalue weighted by Crippen LogP contribution is -2.16. The Balaban J connectivity index is 2.08. The summed E-state index contributed by atoms with van der Waals surface area (Å²) in [5.74, 6) is 0.200. The van der Waals surface area contributed by atoms with Gasteiger partial charge in [0.1, 0.15) is 5.75 Å². The van der Waals surface area contributed by atoms with Crippen LogP contribution >= 0.6 is 0 Å². The van der Waals surface area contributed by atoms with Gasteiger partial charge in [0.15, 0.2) is 0 Å². The molecule has 0 atom stereocenters. The lowest BCUT2D eigenvalue weighted by Gasteiger charge is -2.18. The molecule has 0 aliphatic heterocycles. The van der Waals surface area contributed by atoms with Gasteiger partial charge >= 0.3 is 0 Å². The van der Waals surface area contributed by atoms with E-state index < -0.39 is 0 Å². The number of benzene rings is 1. The smallest absolute Gasteiger partial charge is 0.133 e. The van der Waals surface area contributed by atoms with Gasteiger partial charge in [0.25, 0.3) is 0 Å². The van der Waals surface area contributed by atoms with Crippen molar-refractivity contribution in [1.82, 2.24) is 4.98 Å². The lowest BCUT2D eigenvalue weighted by molar-refractivity contribution is 0.472. The molecule has 0 bridgehead atoms. The average molecular weight is 214 g/mol. The highest BCUT2D eigenvalue weighted by Gasteiger charge is 2.02. The molecule has 82 valence electrons. The first kappa shape index (κ1) is 10.5. The van der Waals surface area contributed by atoms with E-state index in [9.17, 15) is 0 Å². The van der Waals surface area contributed by atoms with Gasteiger partial charge < -0.3 is 10.0 Å². The minimum absolute atomic E-state index is 0.200. The van der Waals surface area contributed by atoms with E-state index in [1.54, 1.807) is 6.07 Å². The van der Waals surface area contributed by atoms with Gasteiger partial charge in [0.2, 0.25) is 0 Å². The molecule has 1 aromatic heterocycles. The zero-order valence-electron chi connectivity index (χ0n) is 9.17. The van der Waals surface area contributed by atoms with Crippen LogP contribution < -0.4 is 4.90 Å². The SMILES string of the molecule is CN(Cc1ccc(O)cn1)c1ccccc1. The number of pyridine rings is 1. The third kappa shape index (κ3) is 2.51. The van der Waals surface area contributed by atoms with Crippen molar-refractivity contribution in [2.45, 2.75) is 6.54 Å². The third-order valence-corrected chi connectivity index (χ3v) is 2.41. The second-order valence-electron chi connectivity index (χ2n) is 3.70. The van der Waals surface area contributed by atoms with Gasteiger partial charge in [-0.1, -0.05) is 18.2 Å². The van der Waals surface area contributed by atoms with Crippen LogP contribution in [0.5, 0.6) is 5.75 Å². The largest absolute Gasteiger partial charge is 0.506 e. The Morgan fingerprint density at radius 1 is 1.12 bits per heavy atom. The molecule has 0 fully saturated rings. The highest BCUT2D eigenvalue weighted by Crippen LogP contribution is 2.14. The van der Waals surface area contributed by atoms with Crippen LogP contribution in [0.3, 0.4) is 0 Å². The minimum Gasteiger partial charge on any atom is -0.506 e. The maximum Gasteiger partial charge on any atom is 0.133 e. The van der Waals surface area contributed by atoms with Crippen molar-refractivity contribution >= 4 is 5.69 Å². The molecule has 0 amide bonds. The van der Waals surface area contributed by atoms with Crippen molar-refractivity contribution < 1.29 is 5.11 Å². The molecule has 0 unspecified atom stereocenters. The quantitative estimate of drug-likeness (QED) is 0.852. The number of rotatable bonds is 3. The van der Waals surface area contributed by atoms with Gasteiger partial charge in [0, 0.05) is 12.7 Å². The summed E-state index contributed by atoms with van der Waals surface area (Å²) >= 11 is 0. The normalized spacial score (nSPS) is 10.1. The number of anilines is 1. The van der Waals surface area contributed by atoms with Crippen molar-refractivity contribution in [1.29, 1.82) is 0 Å². The van der Waals surface area contributed by atoms with Gasteiger partial charge in [-0.25, -0.2) is 0 Å². The summed E-state index contributed by atoms with van der Waals surface area (Å²) in [7, 11) is 2.02. The van der Waals surface area contributed by atoms with E-state index >= 15 is 0 Å². The second-order valence-corrected chi connectivity index (χ2v) is 3.70. The highest BCUT2D eigenvalue weighted by atomic mass is 16.3. The summed E-state index contributed by atoms with van der Waals surface area (Å²) in [6.07, 6.45) is 1.47. The van der Waals surface area contributed by atoms with Gasteiger partial charge in [0.05, 0.1) is 18.4 Å². The van der Waals surface area contributed by atoms with Crippen molar-refractivity contribution in [3.8, 4) is 5.75 Å². The lowest BCUT2D eigenvalue weighted by atomic mass is 10.2. The molecule has 0 spiro atoms. The van der Waals surface area contributed by atoms with E-state index in [2.05, 4.69) is 22.0 Å². The minimum atomic E-state index is 0.200. The van der Waals surface area contributed by atoms with Crippen LogP contribution in [0.4, 0.5) is 5.69 Å². The van der Waals surface area contributed by atoms with Crippen LogP contribution in [0.15, 0.2) is 48.7 Å². The molecular weight excluding hydrogens is 200 g/mol. The number of aromatic nitrogens is 1. The molecular formula is C13H14N2O. The summed E-state index contributed by atoms with van der Waals surface area (Å²) in [5.41, 5.74) is 2.08. The third-order valence-electron chi connectivity index (χ3n) is 2.41.